The van der Waals surface area contributed by atoms with Gasteiger partial charge in [-0.3, -0.25) is 4.79 Å². The van der Waals surface area contributed by atoms with E-state index in [9.17, 15) is 9.18 Å². The minimum absolute atomic E-state index is 0.306. The second-order valence-corrected chi connectivity index (χ2v) is 5.05. The summed E-state index contributed by atoms with van der Waals surface area (Å²) in [7, 11) is 0. The fourth-order valence-corrected chi connectivity index (χ4v) is 2.62. The maximum Gasteiger partial charge on any atom is 0.291 e. The average molecular weight is 299 g/mol. The summed E-state index contributed by atoms with van der Waals surface area (Å²) in [4.78, 5) is 12.0. The van der Waals surface area contributed by atoms with Gasteiger partial charge in [0.05, 0.1) is 10.9 Å². The summed E-state index contributed by atoms with van der Waals surface area (Å²) in [6.45, 7) is 0. The van der Waals surface area contributed by atoms with Gasteiger partial charge in [0, 0.05) is 10.9 Å². The molecule has 1 amide bonds. The average Bonchev–Trinajstić information content (AvgIpc) is 2.93. The van der Waals surface area contributed by atoms with Crippen LogP contribution in [0.25, 0.3) is 10.1 Å². The van der Waals surface area contributed by atoms with Gasteiger partial charge in [-0.25, -0.2) is 9.82 Å². The summed E-state index contributed by atoms with van der Waals surface area (Å²) < 4.78 is 18.4. The molecule has 3 aromatic rings. The van der Waals surface area contributed by atoms with Gasteiger partial charge in [-0.05, 0) is 23.7 Å². The fourth-order valence-electron chi connectivity index (χ4n) is 1.84. The predicted octanol–water partition coefficient (Wildman–Crippen LogP) is 3.20. The van der Waals surface area contributed by atoms with Crippen molar-refractivity contribution >= 4 is 33.7 Å². The van der Waals surface area contributed by atoms with Crippen LogP contribution in [0.4, 0.5) is 4.39 Å². The van der Waals surface area contributed by atoms with E-state index in [-0.39, 0.29) is 0 Å². The summed E-state index contributed by atoms with van der Waals surface area (Å²) in [5.41, 5.74) is 2.99. The molecule has 4 nitrogen and oxygen atoms in total. The Balaban J connectivity index is 1.77. The molecule has 104 valence electrons. The highest BCUT2D eigenvalue weighted by molar-refractivity contribution is 7.13. The SMILES string of the molecule is O=C(N/N=C/c1ccccc1F)c1nsc2ccccc12. The van der Waals surface area contributed by atoms with Gasteiger partial charge in [-0.1, -0.05) is 36.4 Å². The van der Waals surface area contributed by atoms with Gasteiger partial charge in [-0.2, -0.15) is 9.47 Å². The molecule has 1 heterocycles. The van der Waals surface area contributed by atoms with Crippen molar-refractivity contribution in [3.63, 3.8) is 0 Å². The first-order chi connectivity index (χ1) is 10.3. The number of carbonyl (C=O) groups excluding carboxylic acids is 1. The molecule has 0 saturated heterocycles. The third-order valence-corrected chi connectivity index (χ3v) is 3.69. The van der Waals surface area contributed by atoms with Crippen molar-refractivity contribution in [1.29, 1.82) is 0 Å². The number of fused-ring (bicyclic) bond motifs is 1. The highest BCUT2D eigenvalue weighted by atomic mass is 32.1. The maximum atomic E-state index is 13.4. The molecule has 0 aliphatic heterocycles. The van der Waals surface area contributed by atoms with Gasteiger partial charge >= 0.3 is 0 Å². The van der Waals surface area contributed by atoms with Crippen molar-refractivity contribution in [3.05, 3.63) is 65.6 Å². The minimum atomic E-state index is -0.417. The fraction of sp³-hybridized carbons (Fsp3) is 0. The molecule has 0 aliphatic carbocycles. The molecule has 0 radical (unpaired) electrons. The van der Waals surface area contributed by atoms with Gasteiger partial charge in [0.1, 0.15) is 5.82 Å². The van der Waals surface area contributed by atoms with E-state index in [1.807, 2.05) is 24.3 Å². The van der Waals surface area contributed by atoms with Gasteiger partial charge in [0.25, 0.3) is 5.91 Å². The standard InChI is InChI=1S/C15H10FN3OS/c16-12-7-3-1-5-10(12)9-17-18-15(20)14-11-6-2-4-8-13(11)21-19-14/h1-9H,(H,18,20)/b17-9+. The van der Waals surface area contributed by atoms with E-state index >= 15 is 0 Å². The predicted molar refractivity (Wildman–Crippen MR) is 81.1 cm³/mol. The third kappa shape index (κ3) is 2.80. The molecular formula is C15H10FN3OS. The van der Waals surface area contributed by atoms with Crippen LogP contribution in [0.1, 0.15) is 16.1 Å². The number of rotatable bonds is 3. The first-order valence-electron chi connectivity index (χ1n) is 6.18. The number of carbonyl (C=O) groups is 1. The van der Waals surface area contributed by atoms with Gasteiger partial charge in [-0.15, -0.1) is 0 Å². The number of nitrogens with one attached hydrogen (secondary N) is 1. The minimum Gasteiger partial charge on any atom is -0.265 e. The summed E-state index contributed by atoms with van der Waals surface area (Å²) in [5.74, 6) is -0.811. The van der Waals surface area contributed by atoms with E-state index < -0.39 is 11.7 Å². The van der Waals surface area contributed by atoms with Crippen molar-refractivity contribution in [1.82, 2.24) is 9.80 Å². The maximum absolute atomic E-state index is 13.4. The molecule has 0 fully saturated rings. The molecule has 1 aromatic heterocycles. The lowest BCUT2D eigenvalue weighted by molar-refractivity contribution is 0.0953. The lowest BCUT2D eigenvalue weighted by Crippen LogP contribution is -2.18. The first-order valence-corrected chi connectivity index (χ1v) is 6.95. The smallest absolute Gasteiger partial charge is 0.265 e. The quantitative estimate of drug-likeness (QED) is 0.596. The van der Waals surface area contributed by atoms with Crippen LogP contribution in [0.2, 0.25) is 0 Å². The van der Waals surface area contributed by atoms with Crippen molar-refractivity contribution in [2.75, 3.05) is 0 Å². The van der Waals surface area contributed by atoms with Crippen molar-refractivity contribution < 1.29 is 9.18 Å². The van der Waals surface area contributed by atoms with Crippen LogP contribution in [-0.2, 0) is 0 Å². The Morgan fingerprint density at radius 2 is 1.95 bits per heavy atom. The van der Waals surface area contributed by atoms with Crippen molar-refractivity contribution in [2.24, 2.45) is 5.10 Å². The number of amides is 1. The van der Waals surface area contributed by atoms with Crippen molar-refractivity contribution in [2.45, 2.75) is 0 Å². The Hall–Kier alpha value is -2.60. The van der Waals surface area contributed by atoms with E-state index in [0.717, 1.165) is 10.1 Å². The Morgan fingerprint density at radius 1 is 1.19 bits per heavy atom. The molecule has 6 heteroatoms. The second kappa shape index (κ2) is 5.80. The molecule has 0 bridgehead atoms. The van der Waals surface area contributed by atoms with E-state index in [1.54, 1.807) is 18.2 Å². The van der Waals surface area contributed by atoms with Crippen LogP contribution in [0, 0.1) is 5.82 Å². The molecule has 0 spiro atoms. The largest absolute Gasteiger partial charge is 0.291 e. The molecule has 0 unspecified atom stereocenters. The van der Waals surface area contributed by atoms with E-state index in [2.05, 4.69) is 14.9 Å². The zero-order valence-electron chi connectivity index (χ0n) is 10.8. The lowest BCUT2D eigenvalue weighted by atomic mass is 10.2. The van der Waals surface area contributed by atoms with Crippen LogP contribution in [0.5, 0.6) is 0 Å². The summed E-state index contributed by atoms with van der Waals surface area (Å²) in [6, 6.07) is 13.6. The highest BCUT2D eigenvalue weighted by Crippen LogP contribution is 2.21. The van der Waals surface area contributed by atoms with E-state index in [1.165, 1.54) is 23.8 Å². The second-order valence-electron chi connectivity index (χ2n) is 4.25. The normalized spacial score (nSPS) is 11.1. The van der Waals surface area contributed by atoms with E-state index in [4.69, 9.17) is 0 Å². The van der Waals surface area contributed by atoms with Crippen molar-refractivity contribution in [3.8, 4) is 0 Å². The van der Waals surface area contributed by atoms with Gasteiger partial charge in [0.2, 0.25) is 0 Å². The van der Waals surface area contributed by atoms with Crippen LogP contribution in [-0.4, -0.2) is 16.5 Å². The zero-order chi connectivity index (χ0) is 14.7. The highest BCUT2D eigenvalue weighted by Gasteiger charge is 2.13. The Kier molecular flexibility index (Phi) is 3.70. The third-order valence-electron chi connectivity index (χ3n) is 2.87. The number of hydrogen-bond acceptors (Lipinski definition) is 4. The molecule has 1 N–H and O–H groups in total. The van der Waals surface area contributed by atoms with E-state index in [0.29, 0.717) is 11.3 Å². The molecule has 0 saturated carbocycles. The van der Waals surface area contributed by atoms with Gasteiger partial charge in [0.15, 0.2) is 5.69 Å². The summed E-state index contributed by atoms with van der Waals surface area (Å²) in [6.07, 6.45) is 1.27. The van der Waals surface area contributed by atoms with Crippen LogP contribution < -0.4 is 5.43 Å². The summed E-state index contributed by atoms with van der Waals surface area (Å²) >= 11 is 1.25. The first kappa shape index (κ1) is 13.4. The molecular weight excluding hydrogens is 289 g/mol. The van der Waals surface area contributed by atoms with Crippen LogP contribution in [0.15, 0.2) is 53.6 Å². The number of hydrazone groups is 1. The van der Waals surface area contributed by atoms with Crippen LogP contribution in [0.3, 0.4) is 0 Å². The Bertz CT molecular complexity index is 828. The molecule has 21 heavy (non-hydrogen) atoms. The number of hydrogen-bond donors (Lipinski definition) is 1. The number of benzene rings is 2. The molecule has 2 aromatic carbocycles. The van der Waals surface area contributed by atoms with Crippen LogP contribution >= 0.6 is 11.5 Å². The number of aromatic nitrogens is 1. The molecule has 3 rings (SSSR count). The number of halogens is 1. The number of nitrogens with zero attached hydrogens (tertiary/aromatic N) is 2. The monoisotopic (exact) mass is 299 g/mol. The lowest BCUT2D eigenvalue weighted by Gasteiger charge is -1.97. The molecule has 0 aliphatic rings. The Morgan fingerprint density at radius 3 is 2.81 bits per heavy atom. The molecule has 0 atom stereocenters. The topological polar surface area (TPSA) is 54.4 Å². The Labute approximate surface area is 124 Å². The van der Waals surface area contributed by atoms with Gasteiger partial charge < -0.3 is 0 Å². The summed E-state index contributed by atoms with van der Waals surface area (Å²) in [5, 5.41) is 4.54. The zero-order valence-corrected chi connectivity index (χ0v) is 11.6.